The van der Waals surface area contributed by atoms with Gasteiger partial charge in [-0.3, -0.25) is 0 Å². The number of carbonyl (C=O) groups excluding carboxylic acids is 1. The molecule has 0 amide bonds. The quantitative estimate of drug-likeness (QED) is 0.243. The second kappa shape index (κ2) is 19.5. The Bertz CT molecular complexity index is 271. The summed E-state index contributed by atoms with van der Waals surface area (Å²) >= 11 is 0.149. The monoisotopic (exact) mass is 406 g/mol. The number of rotatable bonds is 11. The molecule has 0 bridgehead atoms. The summed E-state index contributed by atoms with van der Waals surface area (Å²) in [6.45, 7) is 6.90. The van der Waals surface area contributed by atoms with Gasteiger partial charge in [0.05, 0.1) is 6.61 Å². The molecule has 0 rings (SSSR count). The van der Waals surface area contributed by atoms with Gasteiger partial charge in [0.1, 0.15) is 0 Å². The summed E-state index contributed by atoms with van der Waals surface area (Å²) in [7, 11) is 0. The van der Waals surface area contributed by atoms with E-state index in [0.29, 0.717) is 6.61 Å². The first-order valence-corrected chi connectivity index (χ1v) is 11.9. The van der Waals surface area contributed by atoms with Gasteiger partial charge in [-0.2, -0.15) is 0 Å². The summed E-state index contributed by atoms with van der Waals surface area (Å²) in [6, 6.07) is 0. The molecular weight excluding hydrogens is 375 g/mol. The molecule has 0 aliphatic rings. The molecule has 4 nitrogen and oxygen atoms in total. The zero-order valence-electron chi connectivity index (χ0n) is 13.7. The molecule has 0 atom stereocenters. The van der Waals surface area contributed by atoms with E-state index in [4.69, 9.17) is 5.11 Å². The van der Waals surface area contributed by atoms with Crippen LogP contribution in [0.5, 0.6) is 0 Å². The molecule has 0 aliphatic carbocycles. The fraction of sp³-hybridized carbons (Fsp3) is 0.750. The Morgan fingerprint density at radius 2 is 1.48 bits per heavy atom. The van der Waals surface area contributed by atoms with Gasteiger partial charge in [0.2, 0.25) is 0 Å². The Morgan fingerprint density at radius 1 is 0.952 bits per heavy atom. The molecule has 0 aromatic rings. The Kier molecular flexibility index (Phi) is 21.1. The number of hydrogen-bond acceptors (Lipinski definition) is 3. The molecule has 0 heterocycles. The van der Waals surface area contributed by atoms with E-state index in [1.807, 2.05) is 6.92 Å². The number of unbranched alkanes of at least 4 members (excludes halogenated alkanes) is 3. The van der Waals surface area contributed by atoms with Crippen molar-refractivity contribution in [2.45, 2.75) is 68.2 Å². The average molecular weight is 405 g/mol. The Hall–Kier alpha value is -0.521. The number of carboxylic acid groups (broad SMARTS) is 1. The van der Waals surface area contributed by atoms with Gasteiger partial charge < -0.3 is 9.84 Å². The number of hydrogen-bond donors (Lipinski definition) is 1. The molecule has 0 spiro atoms. The van der Waals surface area contributed by atoms with E-state index in [1.54, 1.807) is 8.87 Å². The second-order valence-corrected chi connectivity index (χ2v) is 8.93. The van der Waals surface area contributed by atoms with Crippen molar-refractivity contribution in [1.29, 1.82) is 0 Å². The van der Waals surface area contributed by atoms with E-state index in [1.165, 1.54) is 25.7 Å². The summed E-state index contributed by atoms with van der Waals surface area (Å²) in [4.78, 5) is 20.6. The average Bonchev–Trinajstić information content (AvgIpc) is 2.46. The maximum absolute atomic E-state index is 10.6. The number of ether oxygens (including phenoxy) is 1. The van der Waals surface area contributed by atoms with Gasteiger partial charge in [-0.1, -0.05) is 13.3 Å². The zero-order valence-corrected chi connectivity index (χ0v) is 16.5. The summed E-state index contributed by atoms with van der Waals surface area (Å²) < 4.78 is 7.89. The standard InChI is InChI=1S/C8H12O4.2C4H9.Sn/c1-2-3-6-12-8(11)5-4-7(9)10;2*1-3-4-2;/h4-5H,2-3,6H2,1H3,(H,9,10);2*1,3-4H2,2H3;/b5-4-;;;. The number of carboxylic acids is 1. The number of esters is 1. The SMILES string of the molecule is CCCCOC(=O)/C=C\C(=O)O.CCC[CH2][Sn][CH2]CCC. The molecular formula is C16H30O4Sn. The van der Waals surface area contributed by atoms with Crippen molar-refractivity contribution in [3.8, 4) is 0 Å². The van der Waals surface area contributed by atoms with Crippen molar-refractivity contribution in [3.63, 3.8) is 0 Å². The predicted octanol–water partition coefficient (Wildman–Crippen LogP) is 4.10. The van der Waals surface area contributed by atoms with E-state index in [2.05, 4.69) is 18.6 Å². The van der Waals surface area contributed by atoms with Crippen LogP contribution in [-0.4, -0.2) is 44.8 Å². The van der Waals surface area contributed by atoms with Crippen LogP contribution in [0.25, 0.3) is 0 Å². The molecule has 122 valence electrons. The van der Waals surface area contributed by atoms with Crippen LogP contribution in [0.1, 0.15) is 59.3 Å². The predicted molar refractivity (Wildman–Crippen MR) is 87.8 cm³/mol. The van der Waals surface area contributed by atoms with Crippen LogP contribution in [0, 0.1) is 0 Å². The zero-order chi connectivity index (χ0) is 16.3. The van der Waals surface area contributed by atoms with Crippen LogP contribution < -0.4 is 0 Å². The summed E-state index contributed by atoms with van der Waals surface area (Å²) in [5.41, 5.74) is 0. The minimum absolute atomic E-state index is 0.149. The fourth-order valence-electron chi connectivity index (χ4n) is 1.23. The molecule has 0 aliphatic heterocycles. The van der Waals surface area contributed by atoms with Crippen LogP contribution in [0.2, 0.25) is 8.87 Å². The minimum atomic E-state index is -1.15. The van der Waals surface area contributed by atoms with Crippen molar-refractivity contribution < 1.29 is 19.4 Å². The van der Waals surface area contributed by atoms with Gasteiger partial charge in [-0.15, -0.1) is 0 Å². The third-order valence-corrected chi connectivity index (χ3v) is 6.55. The molecule has 5 heteroatoms. The number of aliphatic carboxylic acids is 1. The molecule has 1 N–H and O–H groups in total. The van der Waals surface area contributed by atoms with E-state index in [9.17, 15) is 9.59 Å². The first-order valence-electron chi connectivity index (χ1n) is 7.86. The van der Waals surface area contributed by atoms with E-state index >= 15 is 0 Å². The van der Waals surface area contributed by atoms with Gasteiger partial charge in [-0.25, -0.2) is 9.59 Å². The summed E-state index contributed by atoms with van der Waals surface area (Å²) in [5.74, 6) is -1.76. The number of carbonyl (C=O) groups is 2. The molecule has 21 heavy (non-hydrogen) atoms. The van der Waals surface area contributed by atoms with E-state index in [-0.39, 0.29) is 21.1 Å². The van der Waals surface area contributed by atoms with Crippen LogP contribution >= 0.6 is 0 Å². The molecule has 2 radical (unpaired) electrons. The van der Waals surface area contributed by atoms with Crippen LogP contribution in [-0.2, 0) is 14.3 Å². The van der Waals surface area contributed by atoms with Crippen LogP contribution in [0.4, 0.5) is 0 Å². The summed E-state index contributed by atoms with van der Waals surface area (Å²) in [5, 5.41) is 8.14. The third-order valence-electron chi connectivity index (χ3n) is 2.52. The van der Waals surface area contributed by atoms with Crippen molar-refractivity contribution in [2.75, 3.05) is 6.61 Å². The molecule has 0 unspecified atom stereocenters. The second-order valence-electron chi connectivity index (χ2n) is 4.65. The topological polar surface area (TPSA) is 63.6 Å². The first-order chi connectivity index (χ1) is 10.1. The first kappa shape index (κ1) is 22.8. The van der Waals surface area contributed by atoms with Gasteiger partial charge in [-0.05, 0) is 6.42 Å². The van der Waals surface area contributed by atoms with E-state index < -0.39 is 11.9 Å². The Labute approximate surface area is 139 Å². The molecule has 0 saturated heterocycles. The Balaban J connectivity index is 0. The Morgan fingerprint density at radius 3 is 1.90 bits per heavy atom. The molecule has 0 aromatic heterocycles. The van der Waals surface area contributed by atoms with Crippen molar-refractivity contribution in [1.82, 2.24) is 0 Å². The van der Waals surface area contributed by atoms with E-state index in [0.717, 1.165) is 25.0 Å². The van der Waals surface area contributed by atoms with Gasteiger partial charge in [0.15, 0.2) is 0 Å². The van der Waals surface area contributed by atoms with Gasteiger partial charge in [0.25, 0.3) is 0 Å². The van der Waals surface area contributed by atoms with Gasteiger partial charge in [0, 0.05) is 12.2 Å². The van der Waals surface area contributed by atoms with Crippen LogP contribution in [0.15, 0.2) is 12.2 Å². The van der Waals surface area contributed by atoms with Gasteiger partial charge >= 0.3 is 81.5 Å². The summed E-state index contributed by atoms with van der Waals surface area (Å²) in [6.07, 6.45) is 9.24. The van der Waals surface area contributed by atoms with Crippen LogP contribution in [0.3, 0.4) is 0 Å². The molecule has 0 aromatic carbocycles. The third kappa shape index (κ3) is 24.8. The van der Waals surface area contributed by atoms with Crippen molar-refractivity contribution in [3.05, 3.63) is 12.2 Å². The fourth-order valence-corrected chi connectivity index (χ4v) is 5.39. The van der Waals surface area contributed by atoms with Crippen molar-refractivity contribution in [2.24, 2.45) is 0 Å². The maximum atomic E-state index is 10.6. The van der Waals surface area contributed by atoms with Crippen molar-refractivity contribution >= 4 is 33.1 Å². The normalized spacial score (nSPS) is 10.0. The molecule has 0 saturated carbocycles. The molecule has 0 fully saturated rings.